The molecule has 1 aromatic carbocycles. The summed E-state index contributed by atoms with van der Waals surface area (Å²) in [5.41, 5.74) is 0.466. The van der Waals surface area contributed by atoms with Crippen molar-refractivity contribution in [3.63, 3.8) is 0 Å². The normalized spacial score (nSPS) is 15.3. The van der Waals surface area contributed by atoms with E-state index in [1.165, 1.54) is 0 Å². The summed E-state index contributed by atoms with van der Waals surface area (Å²) in [6, 6.07) is 3.47. The van der Waals surface area contributed by atoms with Gasteiger partial charge in [0.1, 0.15) is 13.2 Å². The molecule has 1 aromatic rings. The van der Waals surface area contributed by atoms with Crippen molar-refractivity contribution < 1.29 is 19.2 Å². The Labute approximate surface area is 102 Å². The highest BCUT2D eigenvalue weighted by Crippen LogP contribution is 2.33. The predicted octanol–water partition coefficient (Wildman–Crippen LogP) is 1.00. The molecule has 0 bridgehead atoms. The van der Waals surface area contributed by atoms with Gasteiger partial charge in [-0.2, -0.15) is 0 Å². The molecular weight excluding hydrogens is 240 g/mol. The molecule has 18 heavy (non-hydrogen) atoms. The average Bonchev–Trinajstić information content (AvgIpc) is 2.39. The Balaban J connectivity index is 2.16. The quantitative estimate of drug-likeness (QED) is 0.344. The maximum Gasteiger partial charge on any atom is 0.302 e. The molecule has 0 amide bonds. The standard InChI is InChI=1S/C11H10N2O5/c14-7-9(13(15)16)6-12-8-1-2-10-11(5-8)18-4-3-17-10/h1-2,5-7,9H,3-4H2/t9-/m0/s1. The number of benzene rings is 1. The van der Waals surface area contributed by atoms with Gasteiger partial charge in [0.05, 0.1) is 11.9 Å². The molecule has 1 aliphatic rings. The van der Waals surface area contributed by atoms with Crippen LogP contribution in [0.25, 0.3) is 0 Å². The smallest absolute Gasteiger partial charge is 0.302 e. The number of carbonyl (C=O) groups excluding carboxylic acids is 1. The number of fused-ring (bicyclic) bond motifs is 1. The van der Waals surface area contributed by atoms with Gasteiger partial charge in [0.2, 0.25) is 0 Å². The summed E-state index contributed by atoms with van der Waals surface area (Å²) in [4.78, 5) is 24.0. The lowest BCUT2D eigenvalue weighted by Crippen LogP contribution is -2.22. The van der Waals surface area contributed by atoms with E-state index in [0.717, 1.165) is 6.21 Å². The van der Waals surface area contributed by atoms with Crippen molar-refractivity contribution in [2.24, 2.45) is 4.99 Å². The molecule has 0 radical (unpaired) electrons. The minimum atomic E-state index is -1.43. The summed E-state index contributed by atoms with van der Waals surface area (Å²) in [5, 5.41) is 10.4. The summed E-state index contributed by atoms with van der Waals surface area (Å²) >= 11 is 0. The van der Waals surface area contributed by atoms with Gasteiger partial charge in [-0.25, -0.2) is 0 Å². The number of nitrogens with zero attached hydrogens (tertiary/aromatic N) is 2. The van der Waals surface area contributed by atoms with E-state index < -0.39 is 11.0 Å². The first-order chi connectivity index (χ1) is 8.70. The summed E-state index contributed by atoms with van der Waals surface area (Å²) in [6.45, 7) is 0.941. The molecule has 7 nitrogen and oxygen atoms in total. The van der Waals surface area contributed by atoms with Gasteiger partial charge in [0.15, 0.2) is 17.8 Å². The fourth-order valence-electron chi connectivity index (χ4n) is 1.41. The van der Waals surface area contributed by atoms with E-state index in [0.29, 0.717) is 30.4 Å². The van der Waals surface area contributed by atoms with Crippen molar-refractivity contribution in [1.29, 1.82) is 0 Å². The summed E-state index contributed by atoms with van der Waals surface area (Å²) in [6.07, 6.45) is 1.21. The third-order valence-electron chi connectivity index (χ3n) is 2.28. The third kappa shape index (κ3) is 2.62. The lowest BCUT2D eigenvalue weighted by molar-refractivity contribution is -0.485. The van der Waals surface area contributed by atoms with Crippen molar-refractivity contribution in [3.8, 4) is 11.5 Å². The summed E-state index contributed by atoms with van der Waals surface area (Å²) < 4.78 is 10.7. The summed E-state index contributed by atoms with van der Waals surface area (Å²) in [7, 11) is 0. The number of hydrogen-bond donors (Lipinski definition) is 0. The van der Waals surface area contributed by atoms with Crippen LogP contribution in [0.3, 0.4) is 0 Å². The molecule has 1 aliphatic heterocycles. The molecule has 0 N–H and O–H groups in total. The van der Waals surface area contributed by atoms with Gasteiger partial charge in [0.25, 0.3) is 0 Å². The molecule has 0 aliphatic carbocycles. The lowest BCUT2D eigenvalue weighted by Gasteiger charge is -2.18. The van der Waals surface area contributed by atoms with Crippen molar-refractivity contribution in [2.45, 2.75) is 6.04 Å². The molecule has 2 rings (SSSR count). The van der Waals surface area contributed by atoms with Crippen LogP contribution < -0.4 is 9.47 Å². The van der Waals surface area contributed by atoms with Crippen molar-refractivity contribution in [3.05, 3.63) is 28.3 Å². The van der Waals surface area contributed by atoms with E-state index in [4.69, 9.17) is 9.47 Å². The topological polar surface area (TPSA) is 91.0 Å². The first-order valence-electron chi connectivity index (χ1n) is 5.23. The van der Waals surface area contributed by atoms with E-state index in [1.54, 1.807) is 18.2 Å². The molecule has 1 atom stereocenters. The first kappa shape index (κ1) is 12.0. The molecule has 0 saturated heterocycles. The maximum atomic E-state index is 10.4. The molecule has 0 spiro atoms. The van der Waals surface area contributed by atoms with Gasteiger partial charge in [-0.1, -0.05) is 0 Å². The molecule has 0 fully saturated rings. The van der Waals surface area contributed by atoms with Gasteiger partial charge in [-0.15, -0.1) is 0 Å². The van der Waals surface area contributed by atoms with Crippen LogP contribution >= 0.6 is 0 Å². The zero-order valence-corrected chi connectivity index (χ0v) is 9.31. The Kier molecular flexibility index (Phi) is 3.52. The second-order valence-corrected chi connectivity index (χ2v) is 3.52. The molecule has 1 heterocycles. The average molecular weight is 250 g/mol. The van der Waals surface area contributed by atoms with Crippen LogP contribution in [0.4, 0.5) is 5.69 Å². The van der Waals surface area contributed by atoms with Crippen molar-refractivity contribution in [2.75, 3.05) is 13.2 Å². The second-order valence-electron chi connectivity index (χ2n) is 3.52. The van der Waals surface area contributed by atoms with Gasteiger partial charge in [-0.3, -0.25) is 19.9 Å². The third-order valence-corrected chi connectivity index (χ3v) is 2.28. The van der Waals surface area contributed by atoms with Crippen LogP contribution in [-0.4, -0.2) is 36.7 Å². The predicted molar refractivity (Wildman–Crippen MR) is 62.4 cm³/mol. The monoisotopic (exact) mass is 250 g/mol. The number of aliphatic imine (C=N–C) groups is 1. The van der Waals surface area contributed by atoms with E-state index in [-0.39, 0.29) is 6.29 Å². The zero-order chi connectivity index (χ0) is 13.0. The molecule has 94 valence electrons. The van der Waals surface area contributed by atoms with Crippen LogP contribution in [-0.2, 0) is 4.79 Å². The van der Waals surface area contributed by atoms with Crippen molar-refractivity contribution in [1.82, 2.24) is 0 Å². The van der Waals surface area contributed by atoms with Gasteiger partial charge in [-0.05, 0) is 12.1 Å². The van der Waals surface area contributed by atoms with Crippen LogP contribution in [0, 0.1) is 10.1 Å². The van der Waals surface area contributed by atoms with Crippen LogP contribution in [0.5, 0.6) is 11.5 Å². The number of aldehydes is 1. The summed E-state index contributed by atoms with van der Waals surface area (Å²) in [5.74, 6) is 1.15. The molecule has 0 saturated carbocycles. The van der Waals surface area contributed by atoms with E-state index >= 15 is 0 Å². The van der Waals surface area contributed by atoms with Crippen LogP contribution in [0.1, 0.15) is 0 Å². The molecule has 7 heteroatoms. The molecule has 0 aromatic heterocycles. The van der Waals surface area contributed by atoms with E-state index in [9.17, 15) is 14.9 Å². The van der Waals surface area contributed by atoms with E-state index in [2.05, 4.69) is 4.99 Å². The second kappa shape index (κ2) is 5.26. The SMILES string of the molecule is O=C[C@H](C=Nc1ccc2c(c1)OCCO2)[N+](=O)[O-]. The lowest BCUT2D eigenvalue weighted by atomic mass is 10.2. The molecule has 0 unspecified atom stereocenters. The number of rotatable bonds is 4. The first-order valence-corrected chi connectivity index (χ1v) is 5.23. The highest BCUT2D eigenvalue weighted by atomic mass is 16.6. The number of hydrogen-bond acceptors (Lipinski definition) is 6. The Hall–Kier alpha value is -2.44. The Morgan fingerprint density at radius 3 is 2.72 bits per heavy atom. The maximum absolute atomic E-state index is 10.4. The van der Waals surface area contributed by atoms with Gasteiger partial charge >= 0.3 is 6.04 Å². The minimum absolute atomic E-state index is 0.224. The molecular formula is C11H10N2O5. The van der Waals surface area contributed by atoms with E-state index in [1.807, 2.05) is 0 Å². The van der Waals surface area contributed by atoms with Gasteiger partial charge in [0, 0.05) is 11.0 Å². The number of ether oxygens (including phenoxy) is 2. The fraction of sp³-hybridized carbons (Fsp3) is 0.273. The highest BCUT2D eigenvalue weighted by molar-refractivity contribution is 5.85. The van der Waals surface area contributed by atoms with Crippen molar-refractivity contribution >= 4 is 18.2 Å². The van der Waals surface area contributed by atoms with Crippen LogP contribution in [0.2, 0.25) is 0 Å². The van der Waals surface area contributed by atoms with Gasteiger partial charge < -0.3 is 9.47 Å². The minimum Gasteiger partial charge on any atom is -0.486 e. The Morgan fingerprint density at radius 1 is 1.33 bits per heavy atom. The Morgan fingerprint density at radius 2 is 2.06 bits per heavy atom. The highest BCUT2D eigenvalue weighted by Gasteiger charge is 2.15. The zero-order valence-electron chi connectivity index (χ0n) is 9.31. The van der Waals surface area contributed by atoms with Crippen LogP contribution in [0.15, 0.2) is 23.2 Å². The number of carbonyl (C=O) groups is 1. The Bertz CT molecular complexity index is 500. The largest absolute Gasteiger partial charge is 0.486 e. The number of nitro groups is 1. The fourth-order valence-corrected chi connectivity index (χ4v) is 1.41.